The van der Waals surface area contributed by atoms with Crippen molar-refractivity contribution in [2.45, 2.75) is 44.1 Å². The molecule has 0 saturated heterocycles. The number of hydrogen-bond acceptors (Lipinski definition) is 2. The summed E-state index contributed by atoms with van der Waals surface area (Å²) in [6.45, 7) is 3.55. The van der Waals surface area contributed by atoms with Crippen molar-refractivity contribution in [1.29, 1.82) is 0 Å². The Morgan fingerprint density at radius 2 is 1.68 bits per heavy atom. The Kier molecular flexibility index (Phi) is 2.52. The molecular formula is C17H24N2. The van der Waals surface area contributed by atoms with E-state index in [1.165, 1.54) is 44.2 Å². The maximum absolute atomic E-state index is 3.55. The van der Waals surface area contributed by atoms with Crippen LogP contribution in [0.2, 0.25) is 0 Å². The zero-order chi connectivity index (χ0) is 13.0. The lowest BCUT2D eigenvalue weighted by Gasteiger charge is -2.60. The highest BCUT2D eigenvalue weighted by Crippen LogP contribution is 2.58. The Hall–Kier alpha value is -0.920. The monoisotopic (exact) mass is 256 g/mol. The van der Waals surface area contributed by atoms with Crippen LogP contribution in [-0.2, 0) is 0 Å². The average molecular weight is 256 g/mol. The van der Waals surface area contributed by atoms with Gasteiger partial charge < -0.3 is 9.80 Å². The summed E-state index contributed by atoms with van der Waals surface area (Å²) >= 11 is 0. The first-order valence-electron chi connectivity index (χ1n) is 7.76. The van der Waals surface area contributed by atoms with Crippen molar-refractivity contribution in [3.8, 4) is 0 Å². The molecule has 2 nitrogen and oxygen atoms in total. The molecular weight excluding hydrogens is 232 g/mol. The Morgan fingerprint density at radius 3 is 2.11 bits per heavy atom. The SMILES string of the molecule is CN(C)C1=C[C]N(C23CC4CC(CC(C4)C2)C3)C=C1. The topological polar surface area (TPSA) is 6.48 Å². The maximum atomic E-state index is 3.55. The van der Waals surface area contributed by atoms with E-state index < -0.39 is 0 Å². The summed E-state index contributed by atoms with van der Waals surface area (Å²) in [5, 5.41) is 0. The van der Waals surface area contributed by atoms with Gasteiger partial charge in [-0.25, -0.2) is 0 Å². The van der Waals surface area contributed by atoms with E-state index in [0.29, 0.717) is 5.54 Å². The van der Waals surface area contributed by atoms with Gasteiger partial charge in [0.25, 0.3) is 0 Å². The largest absolute Gasteiger partial charge is 0.378 e. The first kappa shape index (κ1) is 11.9. The zero-order valence-electron chi connectivity index (χ0n) is 12.1. The highest BCUT2D eigenvalue weighted by molar-refractivity contribution is 5.27. The van der Waals surface area contributed by atoms with Crippen molar-refractivity contribution in [3.05, 3.63) is 30.6 Å². The normalized spacial score (nSPS) is 43.6. The van der Waals surface area contributed by atoms with E-state index >= 15 is 0 Å². The van der Waals surface area contributed by atoms with Gasteiger partial charge >= 0.3 is 0 Å². The number of likely N-dealkylation sites (N-methyl/N-ethyl adjacent to an activating group) is 1. The summed E-state index contributed by atoms with van der Waals surface area (Å²) in [4.78, 5) is 4.59. The molecule has 0 unspecified atom stereocenters. The lowest BCUT2D eigenvalue weighted by Crippen LogP contribution is -2.57. The summed E-state index contributed by atoms with van der Waals surface area (Å²) in [5.41, 5.74) is 1.67. The molecule has 2 radical (unpaired) electrons. The molecule has 19 heavy (non-hydrogen) atoms. The van der Waals surface area contributed by atoms with Crippen molar-refractivity contribution < 1.29 is 0 Å². The standard InChI is InChI=1S/C17H24N2/c1-18(2)16-3-5-19(6-4-16)17-10-13-7-14(11-17)9-15(8-13)12-17/h3-5,13-15H,7-12H2,1-2H3. The van der Waals surface area contributed by atoms with Gasteiger partial charge in [-0.3, -0.25) is 0 Å². The number of rotatable bonds is 2. The molecule has 4 fully saturated rings. The molecule has 0 aromatic rings. The molecule has 4 aliphatic carbocycles. The summed E-state index contributed by atoms with van der Waals surface area (Å²) in [6, 6.07) is 0. The molecule has 5 rings (SSSR count). The summed E-state index contributed by atoms with van der Waals surface area (Å²) in [7, 11) is 4.19. The number of hydrogen-bond donors (Lipinski definition) is 0. The van der Waals surface area contributed by atoms with Crippen molar-refractivity contribution in [3.63, 3.8) is 0 Å². The average Bonchev–Trinajstić information content (AvgIpc) is 2.37. The second-order valence-electron chi connectivity index (χ2n) is 7.42. The third-order valence-corrected chi connectivity index (χ3v) is 5.78. The highest BCUT2D eigenvalue weighted by Gasteiger charge is 2.53. The molecule has 102 valence electrons. The molecule has 4 bridgehead atoms. The Bertz CT molecular complexity index is 397. The van der Waals surface area contributed by atoms with Crippen LogP contribution < -0.4 is 0 Å². The predicted octanol–water partition coefficient (Wildman–Crippen LogP) is 3.27. The molecule has 0 aromatic carbocycles. The van der Waals surface area contributed by atoms with E-state index in [0.717, 1.165) is 17.8 Å². The van der Waals surface area contributed by atoms with E-state index in [4.69, 9.17) is 0 Å². The fraction of sp³-hybridized carbons (Fsp3) is 0.706. The Balaban J connectivity index is 1.56. The molecule has 2 heteroatoms. The predicted molar refractivity (Wildman–Crippen MR) is 76.9 cm³/mol. The van der Waals surface area contributed by atoms with Gasteiger partial charge in [0.2, 0.25) is 0 Å². The lowest BCUT2D eigenvalue weighted by molar-refractivity contribution is -0.0599. The first-order valence-corrected chi connectivity index (χ1v) is 7.76. The molecule has 0 atom stereocenters. The van der Waals surface area contributed by atoms with Gasteiger partial charge in [-0.2, -0.15) is 0 Å². The second-order valence-corrected chi connectivity index (χ2v) is 7.42. The molecule has 0 spiro atoms. The van der Waals surface area contributed by atoms with Crippen LogP contribution in [0.3, 0.4) is 0 Å². The summed E-state index contributed by atoms with van der Waals surface area (Å²) < 4.78 is 0. The summed E-state index contributed by atoms with van der Waals surface area (Å²) in [6.07, 6.45) is 15.4. The third-order valence-electron chi connectivity index (χ3n) is 5.78. The van der Waals surface area contributed by atoms with Crippen LogP contribution in [-0.4, -0.2) is 29.4 Å². The smallest absolute Gasteiger partial charge is 0.120 e. The van der Waals surface area contributed by atoms with E-state index in [2.05, 4.69) is 48.8 Å². The molecule has 0 N–H and O–H groups in total. The summed E-state index contributed by atoms with van der Waals surface area (Å²) in [5.74, 6) is 3.00. The molecule has 1 heterocycles. The zero-order valence-corrected chi connectivity index (χ0v) is 12.1. The van der Waals surface area contributed by atoms with Crippen LogP contribution in [0.5, 0.6) is 0 Å². The molecule has 4 saturated carbocycles. The minimum absolute atomic E-state index is 0.416. The number of allylic oxidation sites excluding steroid dienone is 1. The molecule has 5 aliphatic rings. The second kappa shape index (κ2) is 4.04. The highest BCUT2D eigenvalue weighted by atomic mass is 15.2. The quantitative estimate of drug-likeness (QED) is 0.748. The minimum Gasteiger partial charge on any atom is -0.378 e. The van der Waals surface area contributed by atoms with Gasteiger partial charge in [0.1, 0.15) is 6.54 Å². The van der Waals surface area contributed by atoms with E-state index in [1.807, 2.05) is 0 Å². The maximum Gasteiger partial charge on any atom is 0.120 e. The van der Waals surface area contributed by atoms with Crippen molar-refractivity contribution in [1.82, 2.24) is 9.80 Å². The van der Waals surface area contributed by atoms with E-state index in [-0.39, 0.29) is 0 Å². The van der Waals surface area contributed by atoms with Gasteiger partial charge in [-0.05, 0) is 68.4 Å². The Morgan fingerprint density at radius 1 is 1.11 bits per heavy atom. The van der Waals surface area contributed by atoms with Crippen molar-refractivity contribution >= 4 is 0 Å². The van der Waals surface area contributed by atoms with Crippen molar-refractivity contribution in [2.75, 3.05) is 14.1 Å². The minimum atomic E-state index is 0.416. The van der Waals surface area contributed by atoms with Crippen LogP contribution in [0.25, 0.3) is 0 Å². The molecule has 1 aliphatic heterocycles. The van der Waals surface area contributed by atoms with Gasteiger partial charge in [0.05, 0.1) is 0 Å². The third kappa shape index (κ3) is 1.83. The van der Waals surface area contributed by atoms with Crippen LogP contribution in [0, 0.1) is 24.3 Å². The van der Waals surface area contributed by atoms with Gasteiger partial charge in [0.15, 0.2) is 0 Å². The fourth-order valence-corrected chi connectivity index (χ4v) is 5.31. The van der Waals surface area contributed by atoms with E-state index in [9.17, 15) is 0 Å². The fourth-order valence-electron chi connectivity index (χ4n) is 5.31. The van der Waals surface area contributed by atoms with Crippen molar-refractivity contribution in [2.24, 2.45) is 17.8 Å². The van der Waals surface area contributed by atoms with Gasteiger partial charge in [-0.15, -0.1) is 0 Å². The van der Waals surface area contributed by atoms with Gasteiger partial charge in [0, 0.05) is 31.5 Å². The first-order chi connectivity index (χ1) is 9.14. The van der Waals surface area contributed by atoms with Crippen LogP contribution >= 0.6 is 0 Å². The van der Waals surface area contributed by atoms with E-state index in [1.54, 1.807) is 0 Å². The molecule has 0 amide bonds. The van der Waals surface area contributed by atoms with Crippen LogP contribution in [0.1, 0.15) is 38.5 Å². The van der Waals surface area contributed by atoms with Gasteiger partial charge in [-0.1, -0.05) is 0 Å². The number of nitrogens with zero attached hydrogens (tertiary/aromatic N) is 2. The van der Waals surface area contributed by atoms with Crippen LogP contribution in [0.15, 0.2) is 24.0 Å². The van der Waals surface area contributed by atoms with Crippen LogP contribution in [0.4, 0.5) is 0 Å². The Labute approximate surface area is 117 Å². The lowest BCUT2D eigenvalue weighted by atomic mass is 9.52. The molecule has 0 aromatic heterocycles.